The number of nitrogens with zero attached hydrogens (tertiary/aromatic N) is 3. The van der Waals surface area contributed by atoms with Gasteiger partial charge >= 0.3 is 0 Å². The molecule has 1 saturated heterocycles. The van der Waals surface area contributed by atoms with Gasteiger partial charge in [-0.15, -0.1) is 0 Å². The molecule has 0 unspecified atom stereocenters. The fourth-order valence-electron chi connectivity index (χ4n) is 2.07. The van der Waals surface area contributed by atoms with Crippen LogP contribution in [0.2, 0.25) is 0 Å². The van der Waals surface area contributed by atoms with E-state index in [1.165, 1.54) is 0 Å². The van der Waals surface area contributed by atoms with Gasteiger partial charge in [0.05, 0.1) is 0 Å². The molecule has 2 aromatic heterocycles. The Morgan fingerprint density at radius 3 is 3.12 bits per heavy atom. The normalized spacial score (nSPS) is 20.4. The fraction of sp³-hybridized carbons (Fsp3) is 0.417. The second kappa shape index (κ2) is 4.63. The van der Waals surface area contributed by atoms with Crippen LogP contribution in [0.15, 0.2) is 28.9 Å². The maximum atomic E-state index is 5.25. The number of rotatable bonds is 2. The zero-order valence-electron chi connectivity index (χ0n) is 9.47. The molecular formula is C12H14N4O. The first-order valence-corrected chi connectivity index (χ1v) is 5.89. The Labute approximate surface area is 99.3 Å². The second-order valence-corrected chi connectivity index (χ2v) is 4.22. The number of aromatic nitrogens is 3. The van der Waals surface area contributed by atoms with Crippen LogP contribution >= 0.6 is 0 Å². The minimum absolute atomic E-state index is 0.366. The molecule has 0 saturated carbocycles. The molecule has 1 aliphatic heterocycles. The summed E-state index contributed by atoms with van der Waals surface area (Å²) in [5.74, 6) is 1.66. The van der Waals surface area contributed by atoms with Crippen LogP contribution in [0.4, 0.5) is 0 Å². The molecule has 5 heteroatoms. The van der Waals surface area contributed by atoms with Crippen molar-refractivity contribution in [2.45, 2.75) is 18.8 Å². The third kappa shape index (κ3) is 2.19. The predicted molar refractivity (Wildman–Crippen MR) is 62.4 cm³/mol. The van der Waals surface area contributed by atoms with Crippen LogP contribution in [-0.2, 0) is 0 Å². The molecule has 3 rings (SSSR count). The van der Waals surface area contributed by atoms with E-state index in [2.05, 4.69) is 20.4 Å². The van der Waals surface area contributed by atoms with E-state index in [1.54, 1.807) is 6.20 Å². The summed E-state index contributed by atoms with van der Waals surface area (Å²) in [4.78, 5) is 8.62. The summed E-state index contributed by atoms with van der Waals surface area (Å²) in [6, 6.07) is 5.65. The van der Waals surface area contributed by atoms with Crippen molar-refractivity contribution in [1.82, 2.24) is 20.4 Å². The molecule has 0 aliphatic carbocycles. The van der Waals surface area contributed by atoms with Crippen LogP contribution in [0.1, 0.15) is 24.6 Å². The van der Waals surface area contributed by atoms with Crippen molar-refractivity contribution in [3.8, 4) is 11.6 Å². The molecule has 0 spiro atoms. The van der Waals surface area contributed by atoms with E-state index in [9.17, 15) is 0 Å². The number of nitrogens with one attached hydrogen (secondary N) is 1. The van der Waals surface area contributed by atoms with Crippen LogP contribution in [-0.4, -0.2) is 28.2 Å². The summed E-state index contributed by atoms with van der Waals surface area (Å²) in [6.45, 7) is 2.02. The van der Waals surface area contributed by atoms with Crippen molar-refractivity contribution in [3.63, 3.8) is 0 Å². The first-order valence-electron chi connectivity index (χ1n) is 5.89. The molecule has 17 heavy (non-hydrogen) atoms. The number of piperidine rings is 1. The fourth-order valence-corrected chi connectivity index (χ4v) is 2.07. The number of hydrogen-bond acceptors (Lipinski definition) is 5. The lowest BCUT2D eigenvalue weighted by Gasteiger charge is -2.19. The van der Waals surface area contributed by atoms with Crippen LogP contribution < -0.4 is 5.32 Å². The van der Waals surface area contributed by atoms with E-state index in [4.69, 9.17) is 4.52 Å². The zero-order chi connectivity index (χ0) is 11.5. The van der Waals surface area contributed by atoms with Crippen LogP contribution in [0, 0.1) is 0 Å². The average Bonchev–Trinajstić information content (AvgIpc) is 2.90. The standard InChI is InChI=1S/C12H14N4O/c1-2-7-14-10(5-1)12-15-11(16-17-12)9-4-3-6-13-8-9/h1-2,5,7,9,13H,3-4,6,8H2/t9-/m0/s1. The smallest absolute Gasteiger partial charge is 0.276 e. The molecule has 0 amide bonds. The number of pyridine rings is 1. The van der Waals surface area contributed by atoms with Crippen LogP contribution in [0.3, 0.4) is 0 Å². The van der Waals surface area contributed by atoms with E-state index in [-0.39, 0.29) is 0 Å². The van der Waals surface area contributed by atoms with Gasteiger partial charge in [-0.2, -0.15) is 4.98 Å². The largest absolute Gasteiger partial charge is 0.332 e. The van der Waals surface area contributed by atoms with Gasteiger partial charge < -0.3 is 9.84 Å². The molecule has 1 N–H and O–H groups in total. The maximum Gasteiger partial charge on any atom is 0.276 e. The first kappa shape index (κ1) is 10.4. The van der Waals surface area contributed by atoms with Gasteiger partial charge in [-0.05, 0) is 31.5 Å². The van der Waals surface area contributed by atoms with Crippen molar-refractivity contribution >= 4 is 0 Å². The summed E-state index contributed by atoms with van der Waals surface area (Å²) >= 11 is 0. The quantitative estimate of drug-likeness (QED) is 0.849. The molecule has 1 aliphatic rings. The van der Waals surface area contributed by atoms with Crippen molar-refractivity contribution in [3.05, 3.63) is 30.2 Å². The highest BCUT2D eigenvalue weighted by Crippen LogP contribution is 2.22. The van der Waals surface area contributed by atoms with Gasteiger partial charge in [-0.25, -0.2) is 0 Å². The lowest BCUT2D eigenvalue weighted by Crippen LogP contribution is -2.28. The van der Waals surface area contributed by atoms with Crippen molar-refractivity contribution in [2.24, 2.45) is 0 Å². The Bertz CT molecular complexity index is 476. The third-order valence-corrected chi connectivity index (χ3v) is 2.99. The molecule has 0 bridgehead atoms. The SMILES string of the molecule is c1ccc(-c2nc([C@H]3CCCNC3)no2)nc1. The summed E-state index contributed by atoms with van der Waals surface area (Å²) in [5, 5.41) is 7.40. The van der Waals surface area contributed by atoms with Gasteiger partial charge in [0.2, 0.25) is 0 Å². The van der Waals surface area contributed by atoms with Gasteiger partial charge in [-0.1, -0.05) is 11.2 Å². The van der Waals surface area contributed by atoms with Crippen molar-refractivity contribution in [2.75, 3.05) is 13.1 Å². The summed E-state index contributed by atoms with van der Waals surface area (Å²) < 4.78 is 5.25. The Morgan fingerprint density at radius 1 is 1.35 bits per heavy atom. The molecule has 88 valence electrons. The maximum absolute atomic E-state index is 5.25. The van der Waals surface area contributed by atoms with Crippen LogP contribution in [0.25, 0.3) is 11.6 Å². The highest BCUT2D eigenvalue weighted by molar-refractivity contribution is 5.45. The Balaban J connectivity index is 1.83. The summed E-state index contributed by atoms with van der Waals surface area (Å²) in [5.41, 5.74) is 0.731. The Hall–Kier alpha value is -1.75. The molecule has 0 aromatic carbocycles. The van der Waals surface area contributed by atoms with Gasteiger partial charge in [0, 0.05) is 18.7 Å². The number of hydrogen-bond donors (Lipinski definition) is 1. The van der Waals surface area contributed by atoms with E-state index in [0.29, 0.717) is 11.8 Å². The monoisotopic (exact) mass is 230 g/mol. The van der Waals surface area contributed by atoms with Gasteiger partial charge in [0.25, 0.3) is 5.89 Å². The minimum Gasteiger partial charge on any atom is -0.332 e. The minimum atomic E-state index is 0.366. The zero-order valence-corrected chi connectivity index (χ0v) is 9.47. The highest BCUT2D eigenvalue weighted by Gasteiger charge is 2.21. The molecule has 5 nitrogen and oxygen atoms in total. The van der Waals surface area contributed by atoms with E-state index >= 15 is 0 Å². The molecule has 3 heterocycles. The molecule has 1 fully saturated rings. The van der Waals surface area contributed by atoms with E-state index in [1.807, 2.05) is 18.2 Å². The molecule has 0 radical (unpaired) electrons. The van der Waals surface area contributed by atoms with Gasteiger partial charge in [0.15, 0.2) is 5.82 Å². The van der Waals surface area contributed by atoms with E-state index in [0.717, 1.165) is 37.4 Å². The van der Waals surface area contributed by atoms with Gasteiger partial charge in [-0.3, -0.25) is 4.98 Å². The topological polar surface area (TPSA) is 63.8 Å². The molecule has 1 atom stereocenters. The lowest BCUT2D eigenvalue weighted by atomic mass is 9.99. The second-order valence-electron chi connectivity index (χ2n) is 4.22. The van der Waals surface area contributed by atoms with E-state index < -0.39 is 0 Å². The highest BCUT2D eigenvalue weighted by atomic mass is 16.5. The van der Waals surface area contributed by atoms with Crippen molar-refractivity contribution < 1.29 is 4.52 Å². The predicted octanol–water partition coefficient (Wildman–Crippen LogP) is 1.60. The molecule has 2 aromatic rings. The van der Waals surface area contributed by atoms with Gasteiger partial charge in [0.1, 0.15) is 5.69 Å². The Kier molecular flexibility index (Phi) is 2.83. The summed E-state index contributed by atoms with van der Waals surface area (Å²) in [7, 11) is 0. The lowest BCUT2D eigenvalue weighted by molar-refractivity contribution is 0.392. The first-order chi connectivity index (χ1) is 8.43. The third-order valence-electron chi connectivity index (χ3n) is 2.99. The van der Waals surface area contributed by atoms with Crippen LogP contribution in [0.5, 0.6) is 0 Å². The Morgan fingerprint density at radius 2 is 2.35 bits per heavy atom. The van der Waals surface area contributed by atoms with Crippen molar-refractivity contribution in [1.29, 1.82) is 0 Å². The summed E-state index contributed by atoms with van der Waals surface area (Å²) in [6.07, 6.45) is 4.01. The molecular weight excluding hydrogens is 216 g/mol. The average molecular weight is 230 g/mol.